The minimum absolute atomic E-state index is 0.0133. The number of likely N-dealkylation sites (N-methyl/N-ethyl adjacent to an activating group) is 1. The lowest BCUT2D eigenvalue weighted by Crippen LogP contribution is -2.40. The van der Waals surface area contributed by atoms with Crippen LogP contribution >= 0.6 is 0 Å². The van der Waals surface area contributed by atoms with Crippen LogP contribution in [0.3, 0.4) is 0 Å². The van der Waals surface area contributed by atoms with Crippen molar-refractivity contribution in [2.45, 2.75) is 6.92 Å². The molecule has 0 saturated heterocycles. The van der Waals surface area contributed by atoms with Crippen molar-refractivity contribution < 1.29 is 22.8 Å². The van der Waals surface area contributed by atoms with Crippen LogP contribution in [-0.2, 0) is 9.59 Å². The number of carbonyl (C=O) groups is 2. The zero-order valence-corrected chi connectivity index (χ0v) is 14.1. The molecule has 2 aromatic carbocycles. The van der Waals surface area contributed by atoms with Crippen molar-refractivity contribution in [2.75, 3.05) is 29.9 Å². The van der Waals surface area contributed by atoms with E-state index in [-0.39, 0.29) is 24.6 Å². The van der Waals surface area contributed by atoms with Gasteiger partial charge in [-0.1, -0.05) is 0 Å². The first kappa shape index (κ1) is 19.3. The van der Waals surface area contributed by atoms with Gasteiger partial charge < -0.3 is 15.5 Å². The van der Waals surface area contributed by atoms with E-state index in [0.717, 1.165) is 12.1 Å². The molecule has 0 spiro atoms. The molecule has 0 aliphatic carbocycles. The number of hydrogen-bond donors (Lipinski definition) is 2. The molecule has 0 radical (unpaired) electrons. The number of nitrogens with one attached hydrogen (secondary N) is 2. The number of halogens is 3. The highest BCUT2D eigenvalue weighted by atomic mass is 19.2. The van der Waals surface area contributed by atoms with E-state index in [4.69, 9.17) is 0 Å². The van der Waals surface area contributed by atoms with Crippen LogP contribution < -0.4 is 15.5 Å². The molecule has 8 heteroatoms. The first-order chi connectivity index (χ1) is 12.4. The molecule has 0 aromatic heterocycles. The molecule has 26 heavy (non-hydrogen) atoms. The van der Waals surface area contributed by atoms with Crippen LogP contribution in [0.4, 0.5) is 24.5 Å². The van der Waals surface area contributed by atoms with Crippen molar-refractivity contribution in [3.05, 3.63) is 59.9 Å². The van der Waals surface area contributed by atoms with Gasteiger partial charge in [-0.2, -0.15) is 0 Å². The number of rotatable bonds is 7. The largest absolute Gasteiger partial charge is 0.362 e. The molecule has 0 heterocycles. The van der Waals surface area contributed by atoms with Crippen molar-refractivity contribution in [3.8, 4) is 0 Å². The van der Waals surface area contributed by atoms with Crippen LogP contribution in [0.1, 0.15) is 6.92 Å². The SMILES string of the molecule is CCN(CC(=O)NCC(=O)Nc1ccc(F)c(F)c1)c1ccc(F)cc1. The summed E-state index contributed by atoms with van der Waals surface area (Å²) in [7, 11) is 0. The van der Waals surface area contributed by atoms with Gasteiger partial charge in [-0.05, 0) is 43.3 Å². The summed E-state index contributed by atoms with van der Waals surface area (Å²) in [5, 5.41) is 4.80. The highest BCUT2D eigenvalue weighted by Gasteiger charge is 2.12. The Morgan fingerprint density at radius 3 is 2.27 bits per heavy atom. The topological polar surface area (TPSA) is 61.4 Å². The number of hydrogen-bond acceptors (Lipinski definition) is 3. The molecule has 2 rings (SSSR count). The fourth-order valence-electron chi connectivity index (χ4n) is 2.22. The molecule has 0 unspecified atom stereocenters. The first-order valence-electron chi connectivity index (χ1n) is 7.91. The Hall–Kier alpha value is -3.03. The third-order valence-corrected chi connectivity index (χ3v) is 3.56. The third-order valence-electron chi connectivity index (χ3n) is 3.56. The lowest BCUT2D eigenvalue weighted by atomic mass is 10.2. The number of carbonyl (C=O) groups excluding carboxylic acids is 2. The molecular weight excluding hydrogens is 347 g/mol. The van der Waals surface area contributed by atoms with Crippen molar-refractivity contribution in [1.82, 2.24) is 5.32 Å². The Kier molecular flexibility index (Phi) is 6.60. The minimum Gasteiger partial charge on any atom is -0.362 e. The van der Waals surface area contributed by atoms with E-state index in [2.05, 4.69) is 10.6 Å². The Morgan fingerprint density at radius 2 is 1.65 bits per heavy atom. The van der Waals surface area contributed by atoms with Gasteiger partial charge in [-0.15, -0.1) is 0 Å². The number of nitrogens with zero attached hydrogens (tertiary/aromatic N) is 1. The Morgan fingerprint density at radius 1 is 0.962 bits per heavy atom. The van der Waals surface area contributed by atoms with Gasteiger partial charge in [0.25, 0.3) is 0 Å². The van der Waals surface area contributed by atoms with Gasteiger partial charge in [-0.25, -0.2) is 13.2 Å². The van der Waals surface area contributed by atoms with Gasteiger partial charge in [0.15, 0.2) is 11.6 Å². The molecular formula is C18H18F3N3O2. The van der Waals surface area contributed by atoms with E-state index in [9.17, 15) is 22.8 Å². The minimum atomic E-state index is -1.08. The van der Waals surface area contributed by atoms with Crippen LogP contribution in [0.15, 0.2) is 42.5 Å². The van der Waals surface area contributed by atoms with E-state index in [1.54, 1.807) is 17.0 Å². The van der Waals surface area contributed by atoms with Crippen LogP contribution in [-0.4, -0.2) is 31.4 Å². The van der Waals surface area contributed by atoms with Gasteiger partial charge in [0.05, 0.1) is 13.1 Å². The van der Waals surface area contributed by atoms with Crippen molar-refractivity contribution in [2.24, 2.45) is 0 Å². The second kappa shape index (κ2) is 8.89. The highest BCUT2D eigenvalue weighted by molar-refractivity contribution is 5.95. The third kappa shape index (κ3) is 5.51. The standard InChI is InChI=1S/C18H18F3N3O2/c1-2-24(14-6-3-12(19)4-7-14)11-18(26)22-10-17(25)23-13-5-8-15(20)16(21)9-13/h3-9H,2,10-11H2,1H3,(H,22,26)(H,23,25). The molecule has 0 bridgehead atoms. The predicted octanol–water partition coefficient (Wildman–Crippen LogP) is 2.69. The van der Waals surface area contributed by atoms with Gasteiger partial charge in [0.1, 0.15) is 5.82 Å². The van der Waals surface area contributed by atoms with E-state index < -0.39 is 23.4 Å². The molecule has 2 amide bonds. The van der Waals surface area contributed by atoms with Crippen molar-refractivity contribution >= 4 is 23.2 Å². The molecule has 0 aliphatic rings. The monoisotopic (exact) mass is 365 g/mol. The summed E-state index contributed by atoms with van der Waals surface area (Å²) in [6.45, 7) is 2.02. The zero-order valence-electron chi connectivity index (χ0n) is 14.1. The molecule has 138 valence electrons. The molecule has 0 fully saturated rings. The van der Waals surface area contributed by atoms with Crippen LogP contribution in [0.25, 0.3) is 0 Å². The summed E-state index contributed by atoms with van der Waals surface area (Å²) in [6.07, 6.45) is 0. The summed E-state index contributed by atoms with van der Waals surface area (Å²) in [6, 6.07) is 8.67. The number of benzene rings is 2. The highest BCUT2D eigenvalue weighted by Crippen LogP contribution is 2.14. The van der Waals surface area contributed by atoms with Crippen LogP contribution in [0, 0.1) is 17.5 Å². The molecule has 0 aliphatic heterocycles. The molecule has 0 saturated carbocycles. The second-order valence-electron chi connectivity index (χ2n) is 5.44. The first-order valence-corrected chi connectivity index (χ1v) is 7.91. The maximum Gasteiger partial charge on any atom is 0.243 e. The molecule has 2 aromatic rings. The second-order valence-corrected chi connectivity index (χ2v) is 5.44. The maximum atomic E-state index is 13.1. The average Bonchev–Trinajstić information content (AvgIpc) is 2.62. The van der Waals surface area contributed by atoms with E-state index in [1.165, 1.54) is 18.2 Å². The van der Waals surface area contributed by atoms with E-state index in [1.807, 2.05) is 6.92 Å². The maximum absolute atomic E-state index is 13.1. The summed E-state index contributed by atoms with van der Waals surface area (Å²) in [5.41, 5.74) is 0.764. The predicted molar refractivity (Wildman–Crippen MR) is 92.3 cm³/mol. The molecule has 2 N–H and O–H groups in total. The molecule has 5 nitrogen and oxygen atoms in total. The van der Waals surface area contributed by atoms with Gasteiger partial charge in [0.2, 0.25) is 11.8 Å². The summed E-state index contributed by atoms with van der Waals surface area (Å²) in [4.78, 5) is 25.5. The normalized spacial score (nSPS) is 10.3. The fraction of sp³-hybridized carbons (Fsp3) is 0.222. The fourth-order valence-corrected chi connectivity index (χ4v) is 2.22. The van der Waals surface area contributed by atoms with E-state index >= 15 is 0 Å². The summed E-state index contributed by atoms with van der Waals surface area (Å²) < 4.78 is 38.9. The van der Waals surface area contributed by atoms with Crippen LogP contribution in [0.5, 0.6) is 0 Å². The van der Waals surface area contributed by atoms with Crippen molar-refractivity contribution in [1.29, 1.82) is 0 Å². The Labute approximate surface area is 148 Å². The number of amides is 2. The lowest BCUT2D eigenvalue weighted by molar-refractivity contribution is -0.123. The smallest absolute Gasteiger partial charge is 0.243 e. The zero-order chi connectivity index (χ0) is 19.1. The average molecular weight is 365 g/mol. The number of anilines is 2. The van der Waals surface area contributed by atoms with Crippen LogP contribution in [0.2, 0.25) is 0 Å². The summed E-state index contributed by atoms with van der Waals surface area (Å²) in [5.74, 6) is -3.45. The van der Waals surface area contributed by atoms with Gasteiger partial charge in [-0.3, -0.25) is 9.59 Å². The Bertz CT molecular complexity index is 782. The molecule has 0 atom stereocenters. The summed E-state index contributed by atoms with van der Waals surface area (Å²) >= 11 is 0. The Balaban J connectivity index is 1.83. The van der Waals surface area contributed by atoms with Crippen molar-refractivity contribution in [3.63, 3.8) is 0 Å². The quantitative estimate of drug-likeness (QED) is 0.793. The van der Waals surface area contributed by atoms with Gasteiger partial charge >= 0.3 is 0 Å². The van der Waals surface area contributed by atoms with Gasteiger partial charge in [0, 0.05) is 24.0 Å². The van der Waals surface area contributed by atoms with E-state index in [0.29, 0.717) is 12.2 Å². The lowest BCUT2D eigenvalue weighted by Gasteiger charge is -2.22.